The van der Waals surface area contributed by atoms with Gasteiger partial charge in [-0.25, -0.2) is 0 Å². The molecule has 7 nitrogen and oxygen atoms in total. The maximum Gasteiger partial charge on any atom is 0.573 e. The Morgan fingerprint density at radius 2 is 1.66 bits per heavy atom. The Morgan fingerprint density at radius 1 is 0.974 bits per heavy atom. The Hall–Kier alpha value is -4.18. The van der Waals surface area contributed by atoms with E-state index < -0.39 is 35.6 Å². The lowest BCUT2D eigenvalue weighted by atomic mass is 9.94. The molecule has 1 heterocycles. The molecule has 1 aliphatic rings. The lowest BCUT2D eigenvalue weighted by Crippen LogP contribution is -2.29. The van der Waals surface area contributed by atoms with Crippen molar-refractivity contribution in [2.75, 3.05) is 19.1 Å². The van der Waals surface area contributed by atoms with E-state index in [9.17, 15) is 27.9 Å². The van der Waals surface area contributed by atoms with Crippen LogP contribution in [-0.2, 0) is 9.59 Å². The molecule has 0 saturated carbocycles. The highest BCUT2D eigenvalue weighted by molar-refractivity contribution is 6.51. The predicted octanol–water partition coefficient (Wildman–Crippen LogP) is 6.19. The van der Waals surface area contributed by atoms with Gasteiger partial charge in [0.25, 0.3) is 11.7 Å². The fourth-order valence-electron chi connectivity index (χ4n) is 4.31. The van der Waals surface area contributed by atoms with Gasteiger partial charge >= 0.3 is 6.36 Å². The highest BCUT2D eigenvalue weighted by atomic mass is 35.5. The number of carbonyl (C=O) groups excluding carboxylic acids is 2. The maximum absolute atomic E-state index is 13.4. The summed E-state index contributed by atoms with van der Waals surface area (Å²) in [7, 11) is 2.76. The molecule has 1 amide bonds. The molecular formula is C27H21ClF3NO6. The van der Waals surface area contributed by atoms with Crippen molar-refractivity contribution >= 4 is 34.7 Å². The van der Waals surface area contributed by atoms with Crippen LogP contribution in [0.1, 0.15) is 22.7 Å². The van der Waals surface area contributed by atoms with Gasteiger partial charge < -0.3 is 19.3 Å². The molecule has 3 aromatic carbocycles. The van der Waals surface area contributed by atoms with E-state index in [0.717, 1.165) is 17.0 Å². The number of amides is 1. The van der Waals surface area contributed by atoms with Crippen molar-refractivity contribution in [1.82, 2.24) is 0 Å². The van der Waals surface area contributed by atoms with Crippen LogP contribution < -0.4 is 19.1 Å². The molecule has 1 fully saturated rings. The van der Waals surface area contributed by atoms with Crippen molar-refractivity contribution in [2.24, 2.45) is 0 Å². The van der Waals surface area contributed by atoms with Crippen molar-refractivity contribution in [3.63, 3.8) is 0 Å². The average molecular weight is 548 g/mol. The maximum atomic E-state index is 13.4. The number of aliphatic hydroxyl groups is 1. The Bertz CT molecular complexity index is 1450. The Labute approximate surface area is 220 Å². The van der Waals surface area contributed by atoms with Crippen LogP contribution in [0.15, 0.2) is 66.2 Å². The van der Waals surface area contributed by atoms with Crippen LogP contribution in [0.25, 0.3) is 5.76 Å². The molecule has 0 radical (unpaired) electrons. The van der Waals surface area contributed by atoms with Gasteiger partial charge in [0.05, 0.1) is 36.4 Å². The monoisotopic (exact) mass is 547 g/mol. The molecular weight excluding hydrogens is 527 g/mol. The number of hydrogen-bond acceptors (Lipinski definition) is 6. The number of methoxy groups -OCH3 is 2. The number of aliphatic hydroxyl groups excluding tert-OH is 1. The van der Waals surface area contributed by atoms with Crippen LogP contribution >= 0.6 is 11.6 Å². The molecule has 1 N–H and O–H groups in total. The zero-order valence-corrected chi connectivity index (χ0v) is 21.1. The molecule has 11 heteroatoms. The summed E-state index contributed by atoms with van der Waals surface area (Å²) >= 11 is 6.30. The number of nitrogens with zero attached hydrogens (tertiary/aromatic N) is 1. The Kier molecular flexibility index (Phi) is 7.28. The molecule has 1 aliphatic heterocycles. The van der Waals surface area contributed by atoms with Gasteiger partial charge in [0.15, 0.2) is 0 Å². The summed E-state index contributed by atoms with van der Waals surface area (Å²) in [4.78, 5) is 27.8. The SMILES string of the molecule is COc1cccc(C2/C(=C(\O)c3cc(C)cc(Cl)c3OC)C(=O)C(=O)N2c2cccc(OC(F)(F)F)c2)c1. The number of hydrogen-bond donors (Lipinski definition) is 1. The van der Waals surface area contributed by atoms with Gasteiger partial charge in [0, 0.05) is 11.8 Å². The molecule has 1 unspecified atom stereocenters. The lowest BCUT2D eigenvalue weighted by molar-refractivity contribution is -0.274. The van der Waals surface area contributed by atoms with E-state index in [2.05, 4.69) is 4.74 Å². The van der Waals surface area contributed by atoms with E-state index in [0.29, 0.717) is 16.9 Å². The van der Waals surface area contributed by atoms with Crippen molar-refractivity contribution in [3.8, 4) is 17.2 Å². The van der Waals surface area contributed by atoms with Crippen LogP contribution in [-0.4, -0.2) is 37.4 Å². The van der Waals surface area contributed by atoms with E-state index in [1.807, 2.05) is 0 Å². The summed E-state index contributed by atoms with van der Waals surface area (Å²) in [5, 5.41) is 11.6. The summed E-state index contributed by atoms with van der Waals surface area (Å²) in [6.07, 6.45) is -4.97. The number of halogens is 4. The molecule has 0 bridgehead atoms. The van der Waals surface area contributed by atoms with E-state index in [-0.39, 0.29) is 27.6 Å². The van der Waals surface area contributed by atoms with E-state index >= 15 is 0 Å². The standard InChI is InChI=1S/C27H21ClF3NO6/c1-14-10-19(25(37-3)20(28)11-14)23(33)21-22(15-6-4-8-17(12-15)36-2)32(26(35)24(21)34)16-7-5-9-18(13-16)38-27(29,30)31/h4-13,22,33H,1-3H3/b23-21+. The number of alkyl halides is 3. The van der Waals surface area contributed by atoms with Crippen molar-refractivity contribution < 1.29 is 42.1 Å². The van der Waals surface area contributed by atoms with Crippen LogP contribution in [0.5, 0.6) is 17.2 Å². The number of aryl methyl sites for hydroxylation is 1. The number of Topliss-reactive ketones (excluding diaryl/α,β-unsaturated/α-hetero) is 1. The van der Waals surface area contributed by atoms with Gasteiger partial charge in [0.1, 0.15) is 23.0 Å². The second-order valence-electron chi connectivity index (χ2n) is 8.32. The normalized spacial score (nSPS) is 17.0. The first-order chi connectivity index (χ1) is 17.9. The smallest absolute Gasteiger partial charge is 0.507 e. The van der Waals surface area contributed by atoms with E-state index in [4.69, 9.17) is 21.1 Å². The molecule has 38 heavy (non-hydrogen) atoms. The second-order valence-corrected chi connectivity index (χ2v) is 8.73. The summed E-state index contributed by atoms with van der Waals surface area (Å²) < 4.78 is 53.3. The lowest BCUT2D eigenvalue weighted by Gasteiger charge is -2.26. The van der Waals surface area contributed by atoms with Crippen LogP contribution in [0.2, 0.25) is 5.02 Å². The molecule has 198 valence electrons. The molecule has 0 aromatic heterocycles. The van der Waals surface area contributed by atoms with Crippen LogP contribution in [0.4, 0.5) is 18.9 Å². The first-order valence-electron chi connectivity index (χ1n) is 11.1. The third-order valence-corrected chi connectivity index (χ3v) is 6.11. The summed E-state index contributed by atoms with van der Waals surface area (Å²) in [5.41, 5.74) is 0.685. The van der Waals surface area contributed by atoms with Crippen LogP contribution in [0.3, 0.4) is 0 Å². The van der Waals surface area contributed by atoms with Gasteiger partial charge in [-0.15, -0.1) is 13.2 Å². The van der Waals surface area contributed by atoms with Gasteiger partial charge in [-0.3, -0.25) is 14.5 Å². The number of ketones is 1. The minimum absolute atomic E-state index is 0.0602. The number of rotatable bonds is 6. The highest BCUT2D eigenvalue weighted by Crippen LogP contribution is 2.45. The van der Waals surface area contributed by atoms with Crippen molar-refractivity contribution in [1.29, 1.82) is 0 Å². The molecule has 3 aromatic rings. The molecule has 1 saturated heterocycles. The van der Waals surface area contributed by atoms with Crippen LogP contribution in [0, 0.1) is 6.92 Å². The van der Waals surface area contributed by atoms with E-state index in [1.54, 1.807) is 37.3 Å². The predicted molar refractivity (Wildman–Crippen MR) is 134 cm³/mol. The largest absolute Gasteiger partial charge is 0.573 e. The minimum Gasteiger partial charge on any atom is -0.507 e. The van der Waals surface area contributed by atoms with Crippen molar-refractivity contribution in [3.05, 3.63) is 87.9 Å². The molecule has 1 atom stereocenters. The van der Waals surface area contributed by atoms with Gasteiger partial charge in [-0.1, -0.05) is 29.8 Å². The first-order valence-corrected chi connectivity index (χ1v) is 11.5. The number of carbonyl (C=O) groups is 2. The highest BCUT2D eigenvalue weighted by Gasteiger charge is 2.47. The summed E-state index contributed by atoms with van der Waals surface area (Å²) in [5.74, 6) is -2.82. The zero-order chi connectivity index (χ0) is 27.8. The zero-order valence-electron chi connectivity index (χ0n) is 20.3. The molecule has 0 aliphatic carbocycles. The number of ether oxygens (including phenoxy) is 3. The third kappa shape index (κ3) is 5.12. The topological polar surface area (TPSA) is 85.3 Å². The third-order valence-electron chi connectivity index (χ3n) is 5.83. The minimum atomic E-state index is -4.97. The van der Waals surface area contributed by atoms with Crippen molar-refractivity contribution in [2.45, 2.75) is 19.3 Å². The molecule has 0 spiro atoms. The second kappa shape index (κ2) is 10.3. The number of anilines is 1. The number of benzene rings is 3. The fraction of sp³-hybridized carbons (Fsp3) is 0.185. The first kappa shape index (κ1) is 26.9. The van der Waals surface area contributed by atoms with Gasteiger partial charge in [-0.2, -0.15) is 0 Å². The quantitative estimate of drug-likeness (QED) is 0.225. The Morgan fingerprint density at radius 3 is 2.32 bits per heavy atom. The summed E-state index contributed by atoms with van der Waals surface area (Å²) in [6.45, 7) is 1.71. The summed E-state index contributed by atoms with van der Waals surface area (Å²) in [6, 6.07) is 12.9. The van der Waals surface area contributed by atoms with E-state index in [1.165, 1.54) is 32.4 Å². The average Bonchev–Trinajstić information content (AvgIpc) is 3.12. The molecule has 4 rings (SSSR count). The van der Waals surface area contributed by atoms with Gasteiger partial charge in [-0.05, 0) is 54.4 Å². The Balaban J connectivity index is 1.98. The van der Waals surface area contributed by atoms with Gasteiger partial charge in [0.2, 0.25) is 0 Å². The fourth-order valence-corrected chi connectivity index (χ4v) is 4.66.